The fourth-order valence-corrected chi connectivity index (χ4v) is 3.90. The molecule has 0 amide bonds. The van der Waals surface area contributed by atoms with Crippen molar-refractivity contribution in [1.82, 2.24) is 0 Å². The minimum Gasteiger partial charge on any atom is -0.0619 e. The van der Waals surface area contributed by atoms with Crippen LogP contribution in [0.5, 0.6) is 0 Å². The van der Waals surface area contributed by atoms with Gasteiger partial charge >= 0.3 is 0 Å². The zero-order valence-electron chi connectivity index (χ0n) is 10.2. The van der Waals surface area contributed by atoms with Crippen LogP contribution in [-0.2, 0) is 0 Å². The van der Waals surface area contributed by atoms with E-state index in [0.717, 1.165) is 0 Å². The summed E-state index contributed by atoms with van der Waals surface area (Å²) < 4.78 is 2.39. The van der Waals surface area contributed by atoms with Crippen LogP contribution in [0.15, 0.2) is 51.4 Å². The second-order valence-corrected chi connectivity index (χ2v) is 6.75. The highest BCUT2D eigenvalue weighted by molar-refractivity contribution is 9.10. The summed E-state index contributed by atoms with van der Waals surface area (Å²) in [7, 11) is 0. The van der Waals surface area contributed by atoms with Gasteiger partial charge in [0.2, 0.25) is 0 Å². The second kappa shape index (κ2) is 4.82. The Balaban J connectivity index is 2.13. The molecule has 2 heteroatoms. The summed E-state index contributed by atoms with van der Waals surface area (Å²) in [5, 5.41) is 0. The molecule has 0 nitrogen and oxygen atoms in total. The van der Waals surface area contributed by atoms with Crippen LogP contribution < -0.4 is 0 Å². The highest BCUT2D eigenvalue weighted by Gasteiger charge is 2.30. The zero-order valence-corrected chi connectivity index (χ0v) is 13.3. The van der Waals surface area contributed by atoms with Gasteiger partial charge in [-0.3, -0.25) is 0 Å². The van der Waals surface area contributed by atoms with Crippen molar-refractivity contribution in [3.63, 3.8) is 0 Å². The molecule has 0 heterocycles. The molecule has 18 heavy (non-hydrogen) atoms. The molecule has 0 aliphatic heterocycles. The Bertz CT molecular complexity index is 589. The maximum atomic E-state index is 3.68. The van der Waals surface area contributed by atoms with E-state index in [1.807, 2.05) is 0 Å². The number of benzene rings is 2. The normalized spacial score (nSPS) is 21.9. The molecule has 0 aromatic heterocycles. The van der Waals surface area contributed by atoms with E-state index in [4.69, 9.17) is 0 Å². The van der Waals surface area contributed by atoms with Crippen molar-refractivity contribution in [3.8, 4) is 0 Å². The molecule has 1 aliphatic rings. The van der Waals surface area contributed by atoms with Crippen molar-refractivity contribution in [2.45, 2.75) is 25.2 Å². The molecule has 0 radical (unpaired) electrons. The molecule has 2 aromatic carbocycles. The zero-order chi connectivity index (χ0) is 12.7. The van der Waals surface area contributed by atoms with Gasteiger partial charge in [0.1, 0.15) is 0 Å². The molecule has 1 aliphatic carbocycles. The Hall–Kier alpha value is -0.600. The highest BCUT2D eigenvalue weighted by Crippen LogP contribution is 2.47. The van der Waals surface area contributed by atoms with Gasteiger partial charge in [0.15, 0.2) is 0 Å². The monoisotopic (exact) mass is 364 g/mol. The third-order valence-electron chi connectivity index (χ3n) is 3.83. The van der Waals surface area contributed by atoms with Gasteiger partial charge in [0, 0.05) is 14.9 Å². The van der Waals surface area contributed by atoms with E-state index < -0.39 is 0 Å². The lowest BCUT2D eigenvalue weighted by Crippen LogP contribution is -1.97. The summed E-state index contributed by atoms with van der Waals surface area (Å²) in [6.45, 7) is 2.32. The van der Waals surface area contributed by atoms with Gasteiger partial charge in [-0.1, -0.05) is 63.0 Å². The third kappa shape index (κ3) is 2.06. The summed E-state index contributed by atoms with van der Waals surface area (Å²) in [4.78, 5) is 0. The Labute approximate surface area is 125 Å². The fourth-order valence-electron chi connectivity index (χ4n) is 2.96. The van der Waals surface area contributed by atoms with Gasteiger partial charge in [-0.2, -0.15) is 0 Å². The molecule has 0 fully saturated rings. The van der Waals surface area contributed by atoms with E-state index >= 15 is 0 Å². The van der Waals surface area contributed by atoms with Crippen LogP contribution in [0.4, 0.5) is 0 Å². The quantitative estimate of drug-likeness (QED) is 0.594. The summed E-state index contributed by atoms with van der Waals surface area (Å²) >= 11 is 7.28. The van der Waals surface area contributed by atoms with Gasteiger partial charge < -0.3 is 0 Å². The lowest BCUT2D eigenvalue weighted by atomic mass is 9.93. The Morgan fingerprint density at radius 1 is 0.944 bits per heavy atom. The lowest BCUT2D eigenvalue weighted by Gasteiger charge is -2.14. The van der Waals surface area contributed by atoms with Crippen LogP contribution >= 0.6 is 31.9 Å². The van der Waals surface area contributed by atoms with E-state index in [0.29, 0.717) is 11.8 Å². The average molecular weight is 366 g/mol. The van der Waals surface area contributed by atoms with E-state index in [1.165, 1.54) is 32.1 Å². The minimum absolute atomic E-state index is 0.517. The molecule has 92 valence electrons. The molecule has 0 spiro atoms. The van der Waals surface area contributed by atoms with Crippen molar-refractivity contribution < 1.29 is 0 Å². The molecule has 0 bridgehead atoms. The van der Waals surface area contributed by atoms with Crippen LogP contribution in [0.2, 0.25) is 0 Å². The van der Waals surface area contributed by atoms with Gasteiger partial charge in [-0.15, -0.1) is 0 Å². The van der Waals surface area contributed by atoms with Crippen LogP contribution in [0, 0.1) is 0 Å². The molecule has 0 saturated heterocycles. The van der Waals surface area contributed by atoms with Gasteiger partial charge in [0.05, 0.1) is 0 Å². The predicted octanol–water partition coefficient (Wildman–Crippen LogP) is 5.85. The molecule has 2 unspecified atom stereocenters. The van der Waals surface area contributed by atoms with Crippen LogP contribution in [0.25, 0.3) is 0 Å². The molecular weight excluding hydrogens is 352 g/mol. The predicted molar refractivity (Wildman–Crippen MR) is 83.2 cm³/mol. The first-order chi connectivity index (χ1) is 8.66. The van der Waals surface area contributed by atoms with E-state index in [2.05, 4.69) is 81.2 Å². The van der Waals surface area contributed by atoms with E-state index in [-0.39, 0.29) is 0 Å². The van der Waals surface area contributed by atoms with Gasteiger partial charge in [0.25, 0.3) is 0 Å². The summed E-state index contributed by atoms with van der Waals surface area (Å²) in [6, 6.07) is 15.3. The molecule has 0 saturated carbocycles. The van der Waals surface area contributed by atoms with E-state index in [1.54, 1.807) is 0 Å². The largest absolute Gasteiger partial charge is 0.0619 e. The maximum Gasteiger partial charge on any atom is 0.0213 e. The van der Waals surface area contributed by atoms with Crippen molar-refractivity contribution in [3.05, 3.63) is 68.1 Å². The summed E-state index contributed by atoms with van der Waals surface area (Å²) in [5.41, 5.74) is 4.38. The van der Waals surface area contributed by atoms with Crippen LogP contribution in [-0.4, -0.2) is 0 Å². The Morgan fingerprint density at radius 2 is 1.72 bits per heavy atom. The standard InChI is InChI=1S/C16H14Br2/c1-10-8-14(13-4-2-3-5-16(13)18)15-9-11(17)6-7-12(10)15/h2-7,9-10,14H,8H2,1H3. The maximum absolute atomic E-state index is 3.68. The number of rotatable bonds is 1. The summed E-state index contributed by atoms with van der Waals surface area (Å²) in [6.07, 6.45) is 1.20. The summed E-state index contributed by atoms with van der Waals surface area (Å²) in [5.74, 6) is 1.16. The first kappa shape index (κ1) is 12.4. The SMILES string of the molecule is CC1CC(c2ccccc2Br)c2cc(Br)ccc21. The number of hydrogen-bond acceptors (Lipinski definition) is 0. The van der Waals surface area contributed by atoms with E-state index in [9.17, 15) is 0 Å². The van der Waals surface area contributed by atoms with Crippen molar-refractivity contribution >= 4 is 31.9 Å². The molecule has 3 rings (SSSR count). The van der Waals surface area contributed by atoms with Crippen molar-refractivity contribution in [2.75, 3.05) is 0 Å². The number of hydrogen-bond donors (Lipinski definition) is 0. The molecule has 0 N–H and O–H groups in total. The topological polar surface area (TPSA) is 0 Å². The first-order valence-corrected chi connectivity index (χ1v) is 7.79. The smallest absolute Gasteiger partial charge is 0.0213 e. The van der Waals surface area contributed by atoms with Gasteiger partial charge in [-0.25, -0.2) is 0 Å². The second-order valence-electron chi connectivity index (χ2n) is 4.98. The van der Waals surface area contributed by atoms with Crippen LogP contribution in [0.3, 0.4) is 0 Å². The highest BCUT2D eigenvalue weighted by atomic mass is 79.9. The molecular formula is C16H14Br2. The minimum atomic E-state index is 0.517. The fraction of sp³-hybridized carbons (Fsp3) is 0.250. The number of halogens is 2. The third-order valence-corrected chi connectivity index (χ3v) is 5.04. The Morgan fingerprint density at radius 3 is 2.50 bits per heavy atom. The lowest BCUT2D eigenvalue weighted by molar-refractivity contribution is 0.684. The Kier molecular flexibility index (Phi) is 3.33. The van der Waals surface area contributed by atoms with Crippen LogP contribution in [0.1, 0.15) is 41.9 Å². The molecule has 2 aromatic rings. The van der Waals surface area contributed by atoms with Crippen molar-refractivity contribution in [1.29, 1.82) is 0 Å². The van der Waals surface area contributed by atoms with Gasteiger partial charge in [-0.05, 0) is 47.2 Å². The average Bonchev–Trinajstić information content (AvgIpc) is 2.67. The van der Waals surface area contributed by atoms with Crippen molar-refractivity contribution in [2.24, 2.45) is 0 Å². The first-order valence-electron chi connectivity index (χ1n) is 6.20. The number of fused-ring (bicyclic) bond motifs is 1. The molecule has 2 atom stereocenters.